The first-order chi connectivity index (χ1) is 8.83. The lowest BCUT2D eigenvalue weighted by molar-refractivity contribution is -0.143. The molecule has 1 radical (unpaired) electrons. The van der Waals surface area contributed by atoms with Gasteiger partial charge in [-0.05, 0) is 18.1 Å². The van der Waals surface area contributed by atoms with Gasteiger partial charge in [0.05, 0.1) is 6.61 Å². The molecule has 0 aromatic heterocycles. The zero-order chi connectivity index (χ0) is 12.8. The van der Waals surface area contributed by atoms with E-state index in [1.54, 1.807) is 0 Å². The average molecular weight is 239 g/mol. The normalized spacial score (nSPS) is 10.3. The van der Waals surface area contributed by atoms with E-state index in [1.807, 2.05) is 60.7 Å². The van der Waals surface area contributed by atoms with E-state index < -0.39 is 0 Å². The van der Waals surface area contributed by atoms with Crippen LogP contribution in [0.1, 0.15) is 17.0 Å². The minimum atomic E-state index is -0.380. The number of ether oxygens (including phenoxy) is 1. The van der Waals surface area contributed by atoms with E-state index >= 15 is 0 Å². The Labute approximate surface area is 107 Å². The lowest BCUT2D eigenvalue weighted by atomic mass is 9.91. The number of carbonyl (C=O) groups excluding carboxylic acids is 1. The van der Waals surface area contributed by atoms with Crippen LogP contribution < -0.4 is 0 Å². The van der Waals surface area contributed by atoms with Crippen LogP contribution in [0.15, 0.2) is 60.7 Å². The van der Waals surface area contributed by atoms with Crippen molar-refractivity contribution in [3.05, 3.63) is 78.7 Å². The van der Waals surface area contributed by atoms with Crippen molar-refractivity contribution >= 4 is 5.97 Å². The Morgan fingerprint density at radius 1 is 0.944 bits per heavy atom. The van der Waals surface area contributed by atoms with Gasteiger partial charge in [0, 0.05) is 0 Å². The molecule has 18 heavy (non-hydrogen) atoms. The molecule has 0 saturated heterocycles. The van der Waals surface area contributed by atoms with Crippen LogP contribution in [0.4, 0.5) is 0 Å². The van der Waals surface area contributed by atoms with E-state index in [4.69, 9.17) is 4.74 Å². The van der Waals surface area contributed by atoms with Crippen molar-refractivity contribution in [3.8, 4) is 0 Å². The van der Waals surface area contributed by atoms with Gasteiger partial charge in [-0.25, -0.2) is 0 Å². The maximum Gasteiger partial charge on any atom is 0.317 e. The highest BCUT2D eigenvalue weighted by Crippen LogP contribution is 2.25. The van der Waals surface area contributed by atoms with Crippen molar-refractivity contribution in [2.75, 3.05) is 6.61 Å². The second-order valence-electron chi connectivity index (χ2n) is 3.92. The molecule has 2 nitrogen and oxygen atoms in total. The van der Waals surface area contributed by atoms with E-state index in [0.717, 1.165) is 11.1 Å². The van der Waals surface area contributed by atoms with Crippen LogP contribution >= 0.6 is 0 Å². The first-order valence-corrected chi connectivity index (χ1v) is 5.88. The topological polar surface area (TPSA) is 26.3 Å². The third-order valence-corrected chi connectivity index (χ3v) is 2.75. The lowest BCUT2D eigenvalue weighted by Crippen LogP contribution is -2.17. The van der Waals surface area contributed by atoms with Crippen molar-refractivity contribution in [1.82, 2.24) is 0 Å². The second-order valence-corrected chi connectivity index (χ2v) is 3.92. The first-order valence-electron chi connectivity index (χ1n) is 5.88. The number of benzene rings is 2. The molecule has 0 bridgehead atoms. The SMILES string of the molecule is [CH2]COC(=O)C(c1ccccc1)c1ccccc1. The smallest absolute Gasteiger partial charge is 0.317 e. The van der Waals surface area contributed by atoms with E-state index in [2.05, 4.69) is 6.92 Å². The second kappa shape index (κ2) is 6.01. The molecule has 0 amide bonds. The fourth-order valence-corrected chi connectivity index (χ4v) is 1.94. The van der Waals surface area contributed by atoms with Crippen molar-refractivity contribution in [1.29, 1.82) is 0 Å². The van der Waals surface area contributed by atoms with Crippen LogP contribution in [0.3, 0.4) is 0 Å². The van der Waals surface area contributed by atoms with Gasteiger partial charge < -0.3 is 4.74 Å². The van der Waals surface area contributed by atoms with Crippen LogP contribution in [0.5, 0.6) is 0 Å². The number of carbonyl (C=O) groups is 1. The lowest BCUT2D eigenvalue weighted by Gasteiger charge is -2.16. The summed E-state index contributed by atoms with van der Waals surface area (Å²) in [6.45, 7) is 3.70. The standard InChI is InChI=1S/C16H15O2/c1-2-18-16(17)15(13-9-5-3-6-10-13)14-11-7-4-8-12-14/h3-12,15H,1-2H2. The fraction of sp³-hybridized carbons (Fsp3) is 0.125. The fourth-order valence-electron chi connectivity index (χ4n) is 1.94. The molecule has 2 heteroatoms. The highest BCUT2D eigenvalue weighted by molar-refractivity contribution is 5.82. The Hall–Kier alpha value is -2.09. The van der Waals surface area contributed by atoms with Crippen molar-refractivity contribution < 1.29 is 9.53 Å². The highest BCUT2D eigenvalue weighted by atomic mass is 16.5. The largest absolute Gasteiger partial charge is 0.465 e. The summed E-state index contributed by atoms with van der Waals surface area (Å²) >= 11 is 0. The monoisotopic (exact) mass is 239 g/mol. The summed E-state index contributed by atoms with van der Waals surface area (Å²) < 4.78 is 5.06. The highest BCUT2D eigenvalue weighted by Gasteiger charge is 2.23. The quantitative estimate of drug-likeness (QED) is 0.766. The molecule has 0 heterocycles. The summed E-state index contributed by atoms with van der Waals surface area (Å²) in [5, 5.41) is 0. The maximum atomic E-state index is 12.1. The van der Waals surface area contributed by atoms with Crippen LogP contribution in [-0.2, 0) is 9.53 Å². The minimum Gasteiger partial charge on any atom is -0.465 e. The van der Waals surface area contributed by atoms with Crippen molar-refractivity contribution in [2.45, 2.75) is 5.92 Å². The number of rotatable bonds is 4. The van der Waals surface area contributed by atoms with Gasteiger partial charge in [-0.3, -0.25) is 4.79 Å². The molecule has 0 aliphatic carbocycles. The molecular formula is C16H15O2. The molecule has 0 spiro atoms. The molecule has 0 saturated carbocycles. The van der Waals surface area contributed by atoms with Gasteiger partial charge >= 0.3 is 5.97 Å². The summed E-state index contributed by atoms with van der Waals surface area (Å²) in [5.41, 5.74) is 1.87. The Bertz CT molecular complexity index is 452. The van der Waals surface area contributed by atoms with Crippen molar-refractivity contribution in [2.24, 2.45) is 0 Å². The first kappa shape index (κ1) is 12.4. The zero-order valence-corrected chi connectivity index (χ0v) is 10.1. The third-order valence-electron chi connectivity index (χ3n) is 2.75. The average Bonchev–Trinajstić information content (AvgIpc) is 2.42. The summed E-state index contributed by atoms with van der Waals surface area (Å²) in [6.07, 6.45) is 0. The number of hydrogen-bond acceptors (Lipinski definition) is 2. The van der Waals surface area contributed by atoms with Gasteiger partial charge in [0.2, 0.25) is 0 Å². The molecule has 0 N–H and O–H groups in total. The van der Waals surface area contributed by atoms with Crippen LogP contribution in [-0.4, -0.2) is 12.6 Å². The van der Waals surface area contributed by atoms with Gasteiger partial charge in [-0.1, -0.05) is 60.7 Å². The minimum absolute atomic E-state index is 0.148. The van der Waals surface area contributed by atoms with E-state index in [-0.39, 0.29) is 18.5 Å². The molecule has 2 aromatic rings. The van der Waals surface area contributed by atoms with E-state index in [0.29, 0.717) is 0 Å². The van der Waals surface area contributed by atoms with E-state index in [9.17, 15) is 4.79 Å². The summed E-state index contributed by atoms with van der Waals surface area (Å²) in [4.78, 5) is 12.1. The maximum absolute atomic E-state index is 12.1. The third kappa shape index (κ3) is 2.77. The summed E-state index contributed by atoms with van der Waals surface area (Å²) in [5.74, 6) is -0.642. The zero-order valence-electron chi connectivity index (χ0n) is 10.1. The van der Waals surface area contributed by atoms with Crippen LogP contribution in [0.2, 0.25) is 0 Å². The molecule has 2 rings (SSSR count). The van der Waals surface area contributed by atoms with Gasteiger partial charge in [-0.2, -0.15) is 0 Å². The number of esters is 1. The Balaban J connectivity index is 2.38. The summed E-state index contributed by atoms with van der Waals surface area (Å²) in [6, 6.07) is 19.3. The van der Waals surface area contributed by atoms with E-state index in [1.165, 1.54) is 0 Å². The predicted octanol–water partition coefficient (Wildman–Crippen LogP) is 3.20. The van der Waals surface area contributed by atoms with Gasteiger partial charge in [-0.15, -0.1) is 0 Å². The molecule has 0 atom stereocenters. The molecule has 0 fully saturated rings. The Kier molecular flexibility index (Phi) is 4.13. The molecule has 0 aliphatic heterocycles. The van der Waals surface area contributed by atoms with Gasteiger partial charge in [0.1, 0.15) is 5.92 Å². The summed E-state index contributed by atoms with van der Waals surface area (Å²) in [7, 11) is 0. The Morgan fingerprint density at radius 3 is 1.78 bits per heavy atom. The number of hydrogen-bond donors (Lipinski definition) is 0. The Morgan fingerprint density at radius 2 is 1.39 bits per heavy atom. The van der Waals surface area contributed by atoms with Crippen LogP contribution in [0.25, 0.3) is 0 Å². The van der Waals surface area contributed by atoms with Gasteiger partial charge in [0.15, 0.2) is 0 Å². The van der Waals surface area contributed by atoms with Gasteiger partial charge in [0.25, 0.3) is 0 Å². The molecule has 91 valence electrons. The molecule has 0 aliphatic rings. The van der Waals surface area contributed by atoms with Crippen molar-refractivity contribution in [3.63, 3.8) is 0 Å². The molecular weight excluding hydrogens is 224 g/mol. The predicted molar refractivity (Wildman–Crippen MR) is 71.0 cm³/mol. The van der Waals surface area contributed by atoms with Crippen LogP contribution in [0, 0.1) is 6.92 Å². The molecule has 0 unspecified atom stereocenters. The molecule has 2 aromatic carbocycles.